The Morgan fingerprint density at radius 2 is 2.05 bits per heavy atom. The molecule has 0 saturated carbocycles. The fraction of sp³-hybridized carbons (Fsp3) is 0.214. The largest absolute Gasteiger partial charge is 0.360 e. The van der Waals surface area contributed by atoms with E-state index in [0.29, 0.717) is 21.7 Å². The van der Waals surface area contributed by atoms with Crippen molar-refractivity contribution in [1.82, 2.24) is 14.8 Å². The molecule has 0 aliphatic rings. The van der Waals surface area contributed by atoms with Gasteiger partial charge in [0.25, 0.3) is 10.0 Å². The van der Waals surface area contributed by atoms with Crippen LogP contribution in [0.3, 0.4) is 0 Å². The van der Waals surface area contributed by atoms with Gasteiger partial charge >= 0.3 is 0 Å². The second-order valence-corrected chi connectivity index (χ2v) is 7.22. The molecule has 1 aromatic carbocycles. The minimum absolute atomic E-state index is 0.168. The van der Waals surface area contributed by atoms with Gasteiger partial charge < -0.3 is 4.98 Å². The van der Waals surface area contributed by atoms with E-state index in [1.54, 1.807) is 29.9 Å². The summed E-state index contributed by atoms with van der Waals surface area (Å²) in [5, 5.41) is 5.32. The predicted molar refractivity (Wildman–Crippen MR) is 86.8 cm³/mol. The van der Waals surface area contributed by atoms with Gasteiger partial charge in [-0.25, -0.2) is 8.42 Å². The lowest BCUT2D eigenvalue weighted by atomic mass is 10.2. The highest BCUT2D eigenvalue weighted by Gasteiger charge is 2.22. The zero-order valence-corrected chi connectivity index (χ0v) is 13.9. The van der Waals surface area contributed by atoms with E-state index in [-0.39, 0.29) is 4.90 Å². The summed E-state index contributed by atoms with van der Waals surface area (Å²) in [5.74, 6) is 0.336. The molecule has 0 spiro atoms. The molecule has 2 aromatic heterocycles. The molecular formula is C14H15ClN4O2S. The molecule has 0 aliphatic heterocycles. The molecule has 0 unspecified atom stereocenters. The van der Waals surface area contributed by atoms with Crippen LogP contribution in [0.15, 0.2) is 29.3 Å². The number of nitrogens with one attached hydrogen (secondary N) is 2. The average Bonchev–Trinajstić information content (AvgIpc) is 2.96. The van der Waals surface area contributed by atoms with Crippen molar-refractivity contribution in [3.8, 4) is 0 Å². The van der Waals surface area contributed by atoms with Crippen molar-refractivity contribution in [3.63, 3.8) is 0 Å². The Labute approximate surface area is 133 Å². The van der Waals surface area contributed by atoms with Crippen LogP contribution in [-0.2, 0) is 17.1 Å². The van der Waals surface area contributed by atoms with Gasteiger partial charge in [-0.2, -0.15) is 5.10 Å². The molecule has 0 fully saturated rings. The maximum atomic E-state index is 12.6. The molecule has 6 nitrogen and oxygen atoms in total. The first-order chi connectivity index (χ1) is 10.3. The zero-order chi connectivity index (χ0) is 16.1. The minimum Gasteiger partial charge on any atom is -0.360 e. The summed E-state index contributed by atoms with van der Waals surface area (Å²) >= 11 is 5.92. The van der Waals surface area contributed by atoms with Gasteiger partial charge in [-0.3, -0.25) is 9.40 Å². The van der Waals surface area contributed by atoms with Crippen LogP contribution in [0.4, 0.5) is 5.82 Å². The molecule has 0 aliphatic carbocycles. The molecule has 0 radical (unpaired) electrons. The van der Waals surface area contributed by atoms with Gasteiger partial charge in [-0.15, -0.1) is 0 Å². The van der Waals surface area contributed by atoms with E-state index in [0.717, 1.165) is 11.3 Å². The van der Waals surface area contributed by atoms with E-state index >= 15 is 0 Å². The Balaban J connectivity index is 2.06. The Bertz CT molecular complexity index is 972. The number of H-pyrrole nitrogens is 1. The van der Waals surface area contributed by atoms with E-state index in [1.165, 1.54) is 6.20 Å². The van der Waals surface area contributed by atoms with E-state index < -0.39 is 10.0 Å². The summed E-state index contributed by atoms with van der Waals surface area (Å²) in [6.45, 7) is 3.71. The summed E-state index contributed by atoms with van der Waals surface area (Å²) in [7, 11) is -1.96. The maximum absolute atomic E-state index is 12.6. The van der Waals surface area contributed by atoms with Crippen molar-refractivity contribution >= 4 is 38.3 Å². The number of fused-ring (bicyclic) bond motifs is 1. The van der Waals surface area contributed by atoms with Gasteiger partial charge in [-0.1, -0.05) is 11.6 Å². The van der Waals surface area contributed by atoms with Crippen molar-refractivity contribution in [2.24, 2.45) is 7.05 Å². The molecule has 0 bridgehead atoms. The molecule has 0 amide bonds. The lowest BCUT2D eigenvalue weighted by molar-refractivity contribution is 0.601. The molecule has 3 aromatic rings. The van der Waals surface area contributed by atoms with E-state index in [9.17, 15) is 8.42 Å². The number of aromatic amines is 1. The number of hydrogen-bond acceptors (Lipinski definition) is 3. The Morgan fingerprint density at radius 1 is 1.32 bits per heavy atom. The minimum atomic E-state index is -3.74. The number of aryl methyl sites for hydroxylation is 1. The number of rotatable bonds is 3. The Kier molecular flexibility index (Phi) is 3.41. The molecule has 116 valence electrons. The van der Waals surface area contributed by atoms with Gasteiger partial charge in [0.15, 0.2) is 5.82 Å². The normalized spacial score (nSPS) is 12.0. The van der Waals surface area contributed by atoms with Gasteiger partial charge in [0.1, 0.15) is 4.90 Å². The van der Waals surface area contributed by atoms with Crippen LogP contribution >= 0.6 is 11.6 Å². The van der Waals surface area contributed by atoms with Gasteiger partial charge in [-0.05, 0) is 32.0 Å². The van der Waals surface area contributed by atoms with E-state index in [1.807, 2.05) is 13.8 Å². The molecule has 8 heteroatoms. The van der Waals surface area contributed by atoms with Crippen LogP contribution in [-0.4, -0.2) is 23.2 Å². The molecule has 0 saturated heterocycles. The molecule has 2 N–H and O–H groups in total. The van der Waals surface area contributed by atoms with E-state index in [4.69, 9.17) is 11.6 Å². The fourth-order valence-electron chi connectivity index (χ4n) is 2.29. The van der Waals surface area contributed by atoms with Crippen LogP contribution in [0.1, 0.15) is 11.3 Å². The molecule has 3 rings (SSSR count). The first-order valence-corrected chi connectivity index (χ1v) is 8.45. The topological polar surface area (TPSA) is 79.8 Å². The number of nitrogens with zero attached hydrogens (tertiary/aromatic N) is 2. The summed E-state index contributed by atoms with van der Waals surface area (Å²) < 4.78 is 29.4. The highest BCUT2D eigenvalue weighted by molar-refractivity contribution is 7.93. The van der Waals surface area contributed by atoms with Gasteiger partial charge in [0.05, 0.1) is 0 Å². The standard InChI is InChI=1S/C14H15ClN4O2S/c1-8-9(2)19(3)17-14(8)18-22(20,21)13-7-16-12-6-10(15)4-5-11(12)13/h4-7,16H,1-3H3,(H,17,18). The summed E-state index contributed by atoms with van der Waals surface area (Å²) in [6.07, 6.45) is 1.45. The third kappa shape index (κ3) is 2.36. The zero-order valence-electron chi connectivity index (χ0n) is 12.3. The van der Waals surface area contributed by atoms with Crippen LogP contribution < -0.4 is 4.72 Å². The van der Waals surface area contributed by atoms with Crippen molar-refractivity contribution in [2.75, 3.05) is 4.72 Å². The van der Waals surface area contributed by atoms with Crippen LogP contribution in [0.5, 0.6) is 0 Å². The first-order valence-electron chi connectivity index (χ1n) is 6.59. The quantitative estimate of drug-likeness (QED) is 0.770. The first kappa shape index (κ1) is 14.9. The SMILES string of the molecule is Cc1c(NS(=O)(=O)c2c[nH]c3cc(Cl)ccc23)nn(C)c1C. The lowest BCUT2D eigenvalue weighted by Crippen LogP contribution is -2.13. The monoisotopic (exact) mass is 338 g/mol. The van der Waals surface area contributed by atoms with Crippen molar-refractivity contribution in [1.29, 1.82) is 0 Å². The van der Waals surface area contributed by atoms with Gasteiger partial charge in [0, 0.05) is 40.4 Å². The van der Waals surface area contributed by atoms with Crippen molar-refractivity contribution < 1.29 is 8.42 Å². The summed E-state index contributed by atoms with van der Waals surface area (Å²) in [6, 6.07) is 5.03. The number of hydrogen-bond donors (Lipinski definition) is 2. The van der Waals surface area contributed by atoms with E-state index in [2.05, 4.69) is 14.8 Å². The number of benzene rings is 1. The van der Waals surface area contributed by atoms with Crippen LogP contribution in [0.25, 0.3) is 10.9 Å². The third-order valence-corrected chi connectivity index (χ3v) is 5.37. The highest BCUT2D eigenvalue weighted by Crippen LogP contribution is 2.27. The van der Waals surface area contributed by atoms with Crippen LogP contribution in [0.2, 0.25) is 5.02 Å². The number of anilines is 1. The Morgan fingerprint density at radius 3 is 2.68 bits per heavy atom. The molecule has 0 atom stereocenters. The maximum Gasteiger partial charge on any atom is 0.265 e. The molecule has 22 heavy (non-hydrogen) atoms. The number of halogens is 1. The van der Waals surface area contributed by atoms with Gasteiger partial charge in [0.2, 0.25) is 0 Å². The summed E-state index contributed by atoms with van der Waals surface area (Å²) in [5.41, 5.74) is 2.37. The number of aromatic nitrogens is 3. The Hall–Kier alpha value is -1.99. The second kappa shape index (κ2) is 5.03. The van der Waals surface area contributed by atoms with Crippen molar-refractivity contribution in [2.45, 2.75) is 18.7 Å². The molecular weight excluding hydrogens is 324 g/mol. The lowest BCUT2D eigenvalue weighted by Gasteiger charge is -2.05. The summed E-state index contributed by atoms with van der Waals surface area (Å²) in [4.78, 5) is 3.09. The van der Waals surface area contributed by atoms with Crippen molar-refractivity contribution in [3.05, 3.63) is 40.7 Å². The smallest absolute Gasteiger partial charge is 0.265 e. The third-order valence-electron chi connectivity index (χ3n) is 3.76. The second-order valence-electron chi connectivity index (χ2n) is 5.13. The highest BCUT2D eigenvalue weighted by atomic mass is 35.5. The fourth-order valence-corrected chi connectivity index (χ4v) is 3.70. The number of sulfonamides is 1. The van der Waals surface area contributed by atoms with Crippen LogP contribution in [0, 0.1) is 13.8 Å². The molecule has 2 heterocycles. The predicted octanol–water partition coefficient (Wildman–Crippen LogP) is 2.97. The average molecular weight is 339 g/mol.